The molecule has 3 aromatic rings. The van der Waals surface area contributed by atoms with Gasteiger partial charge in [-0.1, -0.05) is 35.4 Å². The molecular weight excluding hydrogens is 343 g/mol. The largest absolute Gasteiger partial charge is 0.444 e. The zero-order valence-electron chi connectivity index (χ0n) is 13.6. The van der Waals surface area contributed by atoms with Crippen molar-refractivity contribution in [1.82, 2.24) is 10.3 Å². The van der Waals surface area contributed by atoms with Crippen molar-refractivity contribution in [2.75, 3.05) is 6.54 Å². The van der Waals surface area contributed by atoms with Crippen molar-refractivity contribution in [3.8, 4) is 11.5 Å². The SMILES string of the molecule is Cc1ccc(-c2nc(CCNC(=O)c3cccc(Cl)c3F)co2)cc1. The number of nitrogens with one attached hydrogen (secondary N) is 1. The molecule has 0 aliphatic rings. The number of aromatic nitrogens is 1. The van der Waals surface area contributed by atoms with E-state index in [2.05, 4.69) is 10.3 Å². The Morgan fingerprint density at radius 1 is 1.24 bits per heavy atom. The summed E-state index contributed by atoms with van der Waals surface area (Å²) in [6.07, 6.45) is 2.03. The van der Waals surface area contributed by atoms with Crippen LogP contribution in [0.25, 0.3) is 11.5 Å². The molecule has 0 aliphatic heterocycles. The van der Waals surface area contributed by atoms with Gasteiger partial charge in [0.05, 0.1) is 16.3 Å². The Morgan fingerprint density at radius 2 is 2.00 bits per heavy atom. The molecule has 0 aliphatic carbocycles. The summed E-state index contributed by atoms with van der Waals surface area (Å²) in [6.45, 7) is 2.32. The number of hydrogen-bond donors (Lipinski definition) is 1. The average Bonchev–Trinajstić information content (AvgIpc) is 3.07. The van der Waals surface area contributed by atoms with E-state index in [4.69, 9.17) is 16.0 Å². The van der Waals surface area contributed by atoms with Gasteiger partial charge in [0.1, 0.15) is 6.26 Å². The summed E-state index contributed by atoms with van der Waals surface area (Å²) in [4.78, 5) is 16.4. The third-order valence-electron chi connectivity index (χ3n) is 3.71. The lowest BCUT2D eigenvalue weighted by Gasteiger charge is -2.05. The quantitative estimate of drug-likeness (QED) is 0.734. The van der Waals surface area contributed by atoms with E-state index in [1.165, 1.54) is 18.2 Å². The molecule has 0 fully saturated rings. The predicted molar refractivity (Wildman–Crippen MR) is 94.1 cm³/mol. The smallest absolute Gasteiger partial charge is 0.254 e. The van der Waals surface area contributed by atoms with Gasteiger partial charge in [0.25, 0.3) is 5.91 Å². The van der Waals surface area contributed by atoms with Crippen LogP contribution in [-0.2, 0) is 6.42 Å². The van der Waals surface area contributed by atoms with Crippen LogP contribution < -0.4 is 5.32 Å². The Bertz CT molecular complexity index is 891. The summed E-state index contributed by atoms with van der Waals surface area (Å²) < 4.78 is 19.3. The van der Waals surface area contributed by atoms with E-state index < -0.39 is 11.7 Å². The molecule has 4 nitrogen and oxygen atoms in total. The summed E-state index contributed by atoms with van der Waals surface area (Å²) in [6, 6.07) is 12.2. The number of oxazole rings is 1. The van der Waals surface area contributed by atoms with E-state index in [1.807, 2.05) is 31.2 Å². The first-order valence-electron chi connectivity index (χ1n) is 7.78. The first-order valence-corrected chi connectivity index (χ1v) is 8.16. The molecule has 25 heavy (non-hydrogen) atoms. The molecular formula is C19H16ClFN2O2. The van der Waals surface area contributed by atoms with Crippen molar-refractivity contribution in [3.63, 3.8) is 0 Å². The fourth-order valence-corrected chi connectivity index (χ4v) is 2.50. The van der Waals surface area contributed by atoms with Crippen molar-refractivity contribution in [2.24, 2.45) is 0 Å². The lowest BCUT2D eigenvalue weighted by atomic mass is 10.1. The molecule has 0 saturated heterocycles. The Labute approximate surface area is 149 Å². The van der Waals surface area contributed by atoms with Gasteiger partial charge in [-0.3, -0.25) is 4.79 Å². The lowest BCUT2D eigenvalue weighted by Crippen LogP contribution is -2.26. The zero-order chi connectivity index (χ0) is 17.8. The van der Waals surface area contributed by atoms with Gasteiger partial charge in [0.2, 0.25) is 5.89 Å². The van der Waals surface area contributed by atoms with Crippen LogP contribution in [0.1, 0.15) is 21.6 Å². The van der Waals surface area contributed by atoms with Gasteiger partial charge >= 0.3 is 0 Å². The summed E-state index contributed by atoms with van der Waals surface area (Å²) in [5.41, 5.74) is 2.68. The maximum Gasteiger partial charge on any atom is 0.254 e. The first kappa shape index (κ1) is 17.2. The van der Waals surface area contributed by atoms with E-state index in [0.29, 0.717) is 24.6 Å². The van der Waals surface area contributed by atoms with Crippen LogP contribution in [0.15, 0.2) is 53.1 Å². The highest BCUT2D eigenvalue weighted by Crippen LogP contribution is 2.19. The average molecular weight is 359 g/mol. The molecule has 128 valence electrons. The van der Waals surface area contributed by atoms with Gasteiger partial charge in [-0.25, -0.2) is 9.37 Å². The molecule has 0 saturated carbocycles. The molecule has 0 unspecified atom stereocenters. The minimum Gasteiger partial charge on any atom is -0.444 e. The molecule has 2 aromatic carbocycles. The molecule has 1 aromatic heterocycles. The summed E-state index contributed by atoms with van der Waals surface area (Å²) in [5, 5.41) is 2.58. The molecule has 0 atom stereocenters. The number of amides is 1. The van der Waals surface area contributed by atoms with Gasteiger partial charge < -0.3 is 9.73 Å². The minimum atomic E-state index is -0.718. The third-order valence-corrected chi connectivity index (χ3v) is 4.01. The van der Waals surface area contributed by atoms with Crippen LogP contribution in [0.3, 0.4) is 0 Å². The topological polar surface area (TPSA) is 55.1 Å². The molecule has 6 heteroatoms. The molecule has 0 radical (unpaired) electrons. The van der Waals surface area contributed by atoms with Gasteiger partial charge in [0.15, 0.2) is 5.82 Å². The second-order valence-electron chi connectivity index (χ2n) is 5.62. The van der Waals surface area contributed by atoms with Crippen LogP contribution in [-0.4, -0.2) is 17.4 Å². The highest BCUT2D eigenvalue weighted by Gasteiger charge is 2.14. The van der Waals surface area contributed by atoms with E-state index in [0.717, 1.165) is 11.1 Å². The Hall–Kier alpha value is -2.66. The van der Waals surface area contributed by atoms with Crippen LogP contribution in [0, 0.1) is 12.7 Å². The van der Waals surface area contributed by atoms with Crippen molar-refractivity contribution < 1.29 is 13.6 Å². The minimum absolute atomic E-state index is 0.0759. The van der Waals surface area contributed by atoms with Gasteiger partial charge in [0, 0.05) is 18.5 Å². The summed E-state index contributed by atoms with van der Waals surface area (Å²) in [7, 11) is 0. The van der Waals surface area contributed by atoms with Crippen LogP contribution in [0.2, 0.25) is 5.02 Å². The normalized spacial score (nSPS) is 10.7. The molecule has 1 N–H and O–H groups in total. The van der Waals surface area contributed by atoms with Gasteiger partial charge in [-0.2, -0.15) is 0 Å². The fourth-order valence-electron chi connectivity index (χ4n) is 2.33. The van der Waals surface area contributed by atoms with Crippen molar-refractivity contribution in [1.29, 1.82) is 0 Å². The number of benzene rings is 2. The van der Waals surface area contributed by atoms with Crippen LogP contribution in [0.5, 0.6) is 0 Å². The highest BCUT2D eigenvalue weighted by molar-refractivity contribution is 6.31. The monoisotopic (exact) mass is 358 g/mol. The first-order chi connectivity index (χ1) is 12.0. The van der Waals surface area contributed by atoms with E-state index in [9.17, 15) is 9.18 Å². The predicted octanol–water partition coefficient (Wildman–Crippen LogP) is 4.42. The number of rotatable bonds is 5. The maximum atomic E-state index is 13.8. The number of carbonyl (C=O) groups excluding carboxylic acids is 1. The van der Waals surface area contributed by atoms with E-state index >= 15 is 0 Å². The number of carbonyl (C=O) groups is 1. The zero-order valence-corrected chi connectivity index (χ0v) is 14.3. The number of hydrogen-bond acceptors (Lipinski definition) is 3. The molecule has 3 rings (SSSR count). The summed E-state index contributed by atoms with van der Waals surface area (Å²) >= 11 is 5.68. The molecule has 0 bridgehead atoms. The van der Waals surface area contributed by atoms with Crippen molar-refractivity contribution >= 4 is 17.5 Å². The third kappa shape index (κ3) is 4.06. The Balaban J connectivity index is 1.58. The van der Waals surface area contributed by atoms with Crippen LogP contribution in [0.4, 0.5) is 4.39 Å². The van der Waals surface area contributed by atoms with E-state index in [1.54, 1.807) is 6.26 Å². The number of nitrogens with zero attached hydrogens (tertiary/aromatic N) is 1. The van der Waals surface area contributed by atoms with E-state index in [-0.39, 0.29) is 10.6 Å². The molecule has 0 spiro atoms. The maximum absolute atomic E-state index is 13.8. The Kier molecular flexibility index (Phi) is 5.14. The number of aryl methyl sites for hydroxylation is 1. The number of halogens is 2. The second-order valence-corrected chi connectivity index (χ2v) is 6.02. The fraction of sp³-hybridized carbons (Fsp3) is 0.158. The van der Waals surface area contributed by atoms with Crippen LogP contribution >= 0.6 is 11.6 Å². The molecule has 1 heterocycles. The van der Waals surface area contributed by atoms with Gasteiger partial charge in [-0.05, 0) is 31.2 Å². The van der Waals surface area contributed by atoms with Crippen molar-refractivity contribution in [3.05, 3.63) is 76.4 Å². The highest BCUT2D eigenvalue weighted by atomic mass is 35.5. The second kappa shape index (κ2) is 7.49. The van der Waals surface area contributed by atoms with Gasteiger partial charge in [-0.15, -0.1) is 0 Å². The lowest BCUT2D eigenvalue weighted by molar-refractivity contribution is 0.0950. The van der Waals surface area contributed by atoms with Crippen molar-refractivity contribution in [2.45, 2.75) is 13.3 Å². The Morgan fingerprint density at radius 3 is 2.76 bits per heavy atom. The summed E-state index contributed by atoms with van der Waals surface area (Å²) in [5.74, 6) is -0.700. The standard InChI is InChI=1S/C19H16ClFN2O2/c1-12-5-7-13(8-6-12)19-23-14(11-25-19)9-10-22-18(24)15-3-2-4-16(20)17(15)21/h2-8,11H,9-10H2,1H3,(H,22,24). The molecule has 1 amide bonds.